The van der Waals surface area contributed by atoms with Crippen molar-refractivity contribution in [2.75, 3.05) is 0 Å². The molecule has 0 heterocycles. The van der Waals surface area contributed by atoms with Crippen molar-refractivity contribution >= 4 is 28.6 Å². The minimum Gasteiger partial charge on any atom is -0.422 e. The van der Waals surface area contributed by atoms with Crippen molar-refractivity contribution in [3.05, 3.63) is 11.2 Å². The normalized spacial score (nSPS) is 10.8. The van der Waals surface area contributed by atoms with Gasteiger partial charge in [-0.15, -0.1) is 0 Å². The van der Waals surface area contributed by atoms with E-state index in [9.17, 15) is 14.4 Å². The Morgan fingerprint density at radius 2 is 1.69 bits per heavy atom. The highest BCUT2D eigenvalue weighted by atomic mass is 32.2. The van der Waals surface area contributed by atoms with Crippen molar-refractivity contribution in [3.8, 4) is 0 Å². The molecule has 0 aliphatic heterocycles. The van der Waals surface area contributed by atoms with Gasteiger partial charge in [0.25, 0.3) is 0 Å². The van der Waals surface area contributed by atoms with Crippen LogP contribution in [0.25, 0.3) is 0 Å². The second-order valence-corrected chi connectivity index (χ2v) is 3.29. The minimum atomic E-state index is -0.578. The standard InChI is InChI=1S/C8H10O4S/c1-5(9)8(12-6(2)10)4-13-7(3)11/h4H,1-3H3/b8-4-. The molecule has 0 atom stereocenters. The van der Waals surface area contributed by atoms with Gasteiger partial charge in [-0.3, -0.25) is 14.4 Å². The Morgan fingerprint density at radius 3 is 2.00 bits per heavy atom. The van der Waals surface area contributed by atoms with E-state index in [0.717, 1.165) is 11.8 Å². The lowest BCUT2D eigenvalue weighted by Gasteiger charge is -2.01. The van der Waals surface area contributed by atoms with E-state index in [-0.39, 0.29) is 16.7 Å². The largest absolute Gasteiger partial charge is 0.422 e. The fourth-order valence-electron chi connectivity index (χ4n) is 0.470. The summed E-state index contributed by atoms with van der Waals surface area (Å²) in [6.07, 6.45) is 0. The van der Waals surface area contributed by atoms with Crippen LogP contribution < -0.4 is 0 Å². The number of carbonyl (C=O) groups is 3. The Kier molecular flexibility index (Phi) is 5.06. The molecule has 0 saturated carbocycles. The number of carbonyl (C=O) groups excluding carboxylic acids is 3. The molecule has 0 spiro atoms. The fraction of sp³-hybridized carbons (Fsp3) is 0.375. The lowest BCUT2D eigenvalue weighted by atomic mass is 10.4. The molecular weight excluding hydrogens is 192 g/mol. The Bertz CT molecular complexity index is 267. The van der Waals surface area contributed by atoms with Crippen LogP contribution in [0.5, 0.6) is 0 Å². The van der Waals surface area contributed by atoms with Crippen LogP contribution in [0.3, 0.4) is 0 Å². The molecule has 5 heteroatoms. The van der Waals surface area contributed by atoms with Gasteiger partial charge < -0.3 is 4.74 Å². The van der Waals surface area contributed by atoms with Gasteiger partial charge in [0.15, 0.2) is 16.7 Å². The molecule has 0 rings (SSSR count). The van der Waals surface area contributed by atoms with E-state index < -0.39 is 5.97 Å². The van der Waals surface area contributed by atoms with Crippen molar-refractivity contribution in [3.63, 3.8) is 0 Å². The van der Waals surface area contributed by atoms with Gasteiger partial charge in [-0.25, -0.2) is 0 Å². The van der Waals surface area contributed by atoms with Gasteiger partial charge in [0.1, 0.15) is 0 Å². The average Bonchev–Trinajstić information content (AvgIpc) is 1.96. The molecule has 0 N–H and O–H groups in total. The number of rotatable bonds is 3. The first kappa shape index (κ1) is 11.9. The molecule has 0 aromatic heterocycles. The van der Waals surface area contributed by atoms with Crippen molar-refractivity contribution < 1.29 is 19.1 Å². The molecule has 4 nitrogen and oxygen atoms in total. The van der Waals surface area contributed by atoms with Gasteiger partial charge >= 0.3 is 5.97 Å². The average molecular weight is 202 g/mol. The van der Waals surface area contributed by atoms with E-state index >= 15 is 0 Å². The van der Waals surface area contributed by atoms with Crippen LogP contribution in [-0.4, -0.2) is 16.9 Å². The summed E-state index contributed by atoms with van der Waals surface area (Å²) in [4.78, 5) is 31.8. The van der Waals surface area contributed by atoms with Crippen LogP contribution in [0.2, 0.25) is 0 Å². The highest BCUT2D eigenvalue weighted by Gasteiger charge is 2.08. The summed E-state index contributed by atoms with van der Waals surface area (Å²) in [6, 6.07) is 0. The van der Waals surface area contributed by atoms with Crippen molar-refractivity contribution in [1.29, 1.82) is 0 Å². The summed E-state index contributed by atoms with van der Waals surface area (Å²) in [5.74, 6) is -1.07. The van der Waals surface area contributed by atoms with E-state index in [1.807, 2.05) is 0 Å². The van der Waals surface area contributed by atoms with Crippen LogP contribution in [0.1, 0.15) is 20.8 Å². The molecule has 72 valence electrons. The quantitative estimate of drug-likeness (QED) is 0.391. The van der Waals surface area contributed by atoms with Gasteiger partial charge in [-0.2, -0.15) is 0 Å². The third kappa shape index (κ3) is 6.10. The van der Waals surface area contributed by atoms with Crippen molar-refractivity contribution in [1.82, 2.24) is 0 Å². The first-order valence-electron chi connectivity index (χ1n) is 3.50. The number of hydrogen-bond donors (Lipinski definition) is 0. The summed E-state index contributed by atoms with van der Waals surface area (Å²) in [6.45, 7) is 3.80. The number of allylic oxidation sites excluding steroid dienone is 1. The molecule has 0 amide bonds. The number of ketones is 1. The number of ether oxygens (including phenoxy) is 1. The third-order valence-electron chi connectivity index (χ3n) is 0.933. The van der Waals surface area contributed by atoms with Crippen LogP contribution in [0.15, 0.2) is 11.2 Å². The van der Waals surface area contributed by atoms with Crippen LogP contribution >= 0.6 is 11.8 Å². The SMILES string of the molecule is CC(=O)O/C(=C\SC(C)=O)C(C)=O. The highest BCUT2D eigenvalue weighted by Crippen LogP contribution is 2.10. The van der Waals surface area contributed by atoms with Crippen LogP contribution in [-0.2, 0) is 19.1 Å². The summed E-state index contributed by atoms with van der Waals surface area (Å²) in [5, 5.41) is 1.05. The monoisotopic (exact) mass is 202 g/mol. The van der Waals surface area contributed by atoms with Gasteiger partial charge in [-0.05, 0) is 0 Å². The molecule has 0 radical (unpaired) electrons. The van der Waals surface area contributed by atoms with Gasteiger partial charge in [0.05, 0.1) is 0 Å². The molecule has 0 saturated heterocycles. The summed E-state index contributed by atoms with van der Waals surface area (Å²) in [5.41, 5.74) is 0. The lowest BCUT2D eigenvalue weighted by molar-refractivity contribution is -0.139. The fourth-order valence-corrected chi connectivity index (χ4v) is 0.957. The first-order chi connectivity index (χ1) is 5.93. The zero-order valence-electron chi connectivity index (χ0n) is 7.62. The van der Waals surface area contributed by atoms with E-state index in [2.05, 4.69) is 4.74 Å². The van der Waals surface area contributed by atoms with Gasteiger partial charge in [-0.1, -0.05) is 11.8 Å². The Labute approximate surface area is 80.3 Å². The van der Waals surface area contributed by atoms with Crippen LogP contribution in [0, 0.1) is 0 Å². The number of Topliss-reactive ketones (excluding diaryl/α,β-unsaturated/α-hetero) is 1. The molecule has 0 fully saturated rings. The van der Waals surface area contributed by atoms with Gasteiger partial charge in [0, 0.05) is 26.2 Å². The van der Waals surface area contributed by atoms with E-state index in [4.69, 9.17) is 0 Å². The van der Waals surface area contributed by atoms with Crippen LogP contribution in [0.4, 0.5) is 0 Å². The maximum Gasteiger partial charge on any atom is 0.308 e. The molecule has 0 unspecified atom stereocenters. The van der Waals surface area contributed by atoms with Crippen molar-refractivity contribution in [2.45, 2.75) is 20.8 Å². The Morgan fingerprint density at radius 1 is 1.15 bits per heavy atom. The predicted molar refractivity (Wildman–Crippen MR) is 48.8 cm³/mol. The number of esters is 1. The Hall–Kier alpha value is -1.10. The number of thioether (sulfide) groups is 1. The topological polar surface area (TPSA) is 60.4 Å². The maximum absolute atomic E-state index is 10.8. The second kappa shape index (κ2) is 5.53. The molecule has 0 aliphatic carbocycles. The molecular formula is C8H10O4S. The zero-order valence-corrected chi connectivity index (χ0v) is 8.44. The molecule has 13 heavy (non-hydrogen) atoms. The molecule has 0 bridgehead atoms. The Balaban J connectivity index is 4.41. The minimum absolute atomic E-state index is 0.104. The summed E-state index contributed by atoms with van der Waals surface area (Å²) in [7, 11) is 0. The molecule has 0 aromatic carbocycles. The third-order valence-corrected chi connectivity index (χ3v) is 1.60. The maximum atomic E-state index is 10.8. The molecule has 0 aromatic rings. The number of hydrogen-bond acceptors (Lipinski definition) is 5. The second-order valence-electron chi connectivity index (χ2n) is 2.24. The van der Waals surface area contributed by atoms with E-state index in [1.54, 1.807) is 0 Å². The highest BCUT2D eigenvalue weighted by molar-refractivity contribution is 8.16. The van der Waals surface area contributed by atoms with Gasteiger partial charge in [0.2, 0.25) is 0 Å². The molecule has 0 aliphatic rings. The summed E-state index contributed by atoms with van der Waals surface area (Å²) < 4.78 is 4.56. The smallest absolute Gasteiger partial charge is 0.308 e. The summed E-state index contributed by atoms with van der Waals surface area (Å²) >= 11 is 0.811. The predicted octanol–water partition coefficient (Wildman–Crippen LogP) is 1.26. The first-order valence-corrected chi connectivity index (χ1v) is 4.38. The lowest BCUT2D eigenvalue weighted by Crippen LogP contribution is -2.05. The van der Waals surface area contributed by atoms with E-state index in [0.29, 0.717) is 0 Å². The van der Waals surface area contributed by atoms with E-state index in [1.165, 1.54) is 26.2 Å². The zero-order chi connectivity index (χ0) is 10.4. The van der Waals surface area contributed by atoms with Crippen molar-refractivity contribution in [2.24, 2.45) is 0 Å².